The standard InChI is InChI=1S/C18H27N3O/c1-14-19-17-6-2-3-7-18(17)21(14)16-8-9-20(12-16)11-15-5-4-10-22-13-15/h5,16H,2-4,6-13H2,1H3. The Kier molecular flexibility index (Phi) is 4.05. The summed E-state index contributed by atoms with van der Waals surface area (Å²) < 4.78 is 8.14. The van der Waals surface area contributed by atoms with Crippen LogP contribution in [0.15, 0.2) is 11.6 Å². The highest BCUT2D eigenvalue weighted by Gasteiger charge is 2.29. The Morgan fingerprint density at radius 3 is 3.09 bits per heavy atom. The molecule has 4 heteroatoms. The minimum absolute atomic E-state index is 0.624. The van der Waals surface area contributed by atoms with Crippen LogP contribution in [0, 0.1) is 6.92 Å². The van der Waals surface area contributed by atoms with Gasteiger partial charge in [0.15, 0.2) is 0 Å². The van der Waals surface area contributed by atoms with E-state index in [2.05, 4.69) is 22.5 Å². The number of nitrogens with zero attached hydrogens (tertiary/aromatic N) is 3. The first-order valence-electron chi connectivity index (χ1n) is 8.86. The van der Waals surface area contributed by atoms with Crippen molar-refractivity contribution in [1.82, 2.24) is 14.5 Å². The maximum absolute atomic E-state index is 5.57. The van der Waals surface area contributed by atoms with Gasteiger partial charge in [0.2, 0.25) is 0 Å². The largest absolute Gasteiger partial charge is 0.377 e. The van der Waals surface area contributed by atoms with Gasteiger partial charge in [-0.25, -0.2) is 4.98 Å². The summed E-state index contributed by atoms with van der Waals surface area (Å²) in [4.78, 5) is 7.45. The normalized spacial score (nSPS) is 26.0. The molecule has 1 aromatic heterocycles. The van der Waals surface area contributed by atoms with Gasteiger partial charge in [0.05, 0.1) is 18.9 Å². The van der Waals surface area contributed by atoms with Gasteiger partial charge in [-0.1, -0.05) is 6.08 Å². The molecule has 0 aromatic carbocycles. The molecule has 0 spiro atoms. The summed E-state index contributed by atoms with van der Waals surface area (Å²) in [5.41, 5.74) is 4.39. The van der Waals surface area contributed by atoms with Gasteiger partial charge in [-0.15, -0.1) is 0 Å². The number of imidazole rings is 1. The number of rotatable bonds is 3. The molecule has 0 N–H and O–H groups in total. The van der Waals surface area contributed by atoms with E-state index in [1.807, 2.05) is 0 Å². The number of hydrogen-bond acceptors (Lipinski definition) is 3. The highest BCUT2D eigenvalue weighted by molar-refractivity contribution is 5.21. The van der Waals surface area contributed by atoms with Gasteiger partial charge in [-0.2, -0.15) is 0 Å². The number of aryl methyl sites for hydroxylation is 2. The molecule has 0 radical (unpaired) electrons. The van der Waals surface area contributed by atoms with Crippen LogP contribution in [0.4, 0.5) is 0 Å². The average Bonchev–Trinajstić information content (AvgIpc) is 3.11. The second kappa shape index (κ2) is 6.17. The molecule has 1 aromatic rings. The quantitative estimate of drug-likeness (QED) is 0.804. The molecule has 3 aliphatic rings. The number of aromatic nitrogens is 2. The summed E-state index contributed by atoms with van der Waals surface area (Å²) in [5.74, 6) is 1.24. The third kappa shape index (κ3) is 2.74. The lowest BCUT2D eigenvalue weighted by molar-refractivity contribution is 0.143. The molecule has 1 unspecified atom stereocenters. The molecule has 1 fully saturated rings. The second-order valence-electron chi connectivity index (χ2n) is 7.01. The number of hydrogen-bond donors (Lipinski definition) is 0. The third-order valence-electron chi connectivity index (χ3n) is 5.37. The van der Waals surface area contributed by atoms with Crippen LogP contribution in [0.5, 0.6) is 0 Å². The Hall–Kier alpha value is -1.13. The topological polar surface area (TPSA) is 30.3 Å². The fourth-order valence-corrected chi connectivity index (χ4v) is 4.36. The SMILES string of the molecule is Cc1nc2c(n1C1CCN(CC3=CCCOC3)C1)CCCC2. The van der Waals surface area contributed by atoms with E-state index in [1.165, 1.54) is 68.0 Å². The molecule has 0 amide bonds. The summed E-state index contributed by atoms with van der Waals surface area (Å²) in [5, 5.41) is 0. The Labute approximate surface area is 133 Å². The lowest BCUT2D eigenvalue weighted by atomic mass is 10.0. The van der Waals surface area contributed by atoms with Gasteiger partial charge in [0, 0.05) is 31.4 Å². The van der Waals surface area contributed by atoms with Gasteiger partial charge >= 0.3 is 0 Å². The van der Waals surface area contributed by atoms with Crippen molar-refractivity contribution in [1.29, 1.82) is 0 Å². The summed E-state index contributed by atoms with van der Waals surface area (Å²) >= 11 is 0. The van der Waals surface area contributed by atoms with Crippen molar-refractivity contribution in [2.24, 2.45) is 0 Å². The summed E-state index contributed by atoms with van der Waals surface area (Å²) in [6, 6.07) is 0.624. The van der Waals surface area contributed by atoms with E-state index in [1.54, 1.807) is 0 Å². The Morgan fingerprint density at radius 1 is 1.32 bits per heavy atom. The summed E-state index contributed by atoms with van der Waals surface area (Å²) in [6.07, 6.45) is 9.78. The van der Waals surface area contributed by atoms with Crippen LogP contribution in [0.2, 0.25) is 0 Å². The Balaban J connectivity index is 1.46. The van der Waals surface area contributed by atoms with Gasteiger partial charge in [-0.05, 0) is 51.0 Å². The number of fused-ring (bicyclic) bond motifs is 1. The zero-order chi connectivity index (χ0) is 14.9. The van der Waals surface area contributed by atoms with Gasteiger partial charge < -0.3 is 9.30 Å². The van der Waals surface area contributed by atoms with Crippen molar-refractivity contribution in [2.45, 2.75) is 51.5 Å². The average molecular weight is 301 g/mol. The lowest BCUT2D eigenvalue weighted by Gasteiger charge is -2.23. The molecular weight excluding hydrogens is 274 g/mol. The van der Waals surface area contributed by atoms with Crippen LogP contribution in [-0.4, -0.2) is 47.3 Å². The molecule has 22 heavy (non-hydrogen) atoms. The van der Waals surface area contributed by atoms with Crippen molar-refractivity contribution in [3.63, 3.8) is 0 Å². The van der Waals surface area contributed by atoms with Crippen LogP contribution in [-0.2, 0) is 17.6 Å². The van der Waals surface area contributed by atoms with Crippen molar-refractivity contribution in [3.8, 4) is 0 Å². The highest BCUT2D eigenvalue weighted by Crippen LogP contribution is 2.30. The molecular formula is C18H27N3O. The van der Waals surface area contributed by atoms with Crippen LogP contribution in [0.3, 0.4) is 0 Å². The predicted octanol–water partition coefficient (Wildman–Crippen LogP) is 2.66. The fourth-order valence-electron chi connectivity index (χ4n) is 4.36. The van der Waals surface area contributed by atoms with Crippen molar-refractivity contribution in [2.75, 3.05) is 32.8 Å². The molecule has 0 bridgehead atoms. The first-order chi connectivity index (χ1) is 10.8. The van der Waals surface area contributed by atoms with Crippen LogP contribution in [0.1, 0.15) is 48.9 Å². The van der Waals surface area contributed by atoms with E-state index in [-0.39, 0.29) is 0 Å². The Morgan fingerprint density at radius 2 is 2.23 bits per heavy atom. The fraction of sp³-hybridized carbons (Fsp3) is 0.722. The molecule has 4 nitrogen and oxygen atoms in total. The second-order valence-corrected chi connectivity index (χ2v) is 7.01. The van der Waals surface area contributed by atoms with Crippen molar-refractivity contribution in [3.05, 3.63) is 28.9 Å². The molecule has 1 atom stereocenters. The number of ether oxygens (including phenoxy) is 1. The predicted molar refractivity (Wildman–Crippen MR) is 87.2 cm³/mol. The zero-order valence-corrected chi connectivity index (χ0v) is 13.7. The van der Waals surface area contributed by atoms with Gasteiger partial charge in [0.25, 0.3) is 0 Å². The molecule has 3 heterocycles. The van der Waals surface area contributed by atoms with E-state index in [0.29, 0.717) is 6.04 Å². The molecule has 1 saturated heterocycles. The first-order valence-corrected chi connectivity index (χ1v) is 8.86. The van der Waals surface area contributed by atoms with Gasteiger partial charge in [-0.3, -0.25) is 4.90 Å². The van der Waals surface area contributed by atoms with Crippen molar-refractivity contribution >= 4 is 0 Å². The maximum atomic E-state index is 5.57. The molecule has 2 aliphatic heterocycles. The maximum Gasteiger partial charge on any atom is 0.106 e. The Bertz CT molecular complexity index is 575. The smallest absolute Gasteiger partial charge is 0.106 e. The zero-order valence-electron chi connectivity index (χ0n) is 13.7. The van der Waals surface area contributed by atoms with Gasteiger partial charge in [0.1, 0.15) is 5.82 Å². The van der Waals surface area contributed by atoms with E-state index < -0.39 is 0 Å². The lowest BCUT2D eigenvalue weighted by Crippen LogP contribution is -2.27. The number of likely N-dealkylation sites (tertiary alicyclic amines) is 1. The van der Waals surface area contributed by atoms with E-state index in [0.717, 1.165) is 26.2 Å². The molecule has 120 valence electrons. The van der Waals surface area contributed by atoms with E-state index in [4.69, 9.17) is 9.72 Å². The van der Waals surface area contributed by atoms with Crippen LogP contribution in [0.25, 0.3) is 0 Å². The van der Waals surface area contributed by atoms with E-state index in [9.17, 15) is 0 Å². The molecule has 0 saturated carbocycles. The minimum Gasteiger partial charge on any atom is -0.377 e. The first kappa shape index (κ1) is 14.5. The third-order valence-corrected chi connectivity index (χ3v) is 5.37. The summed E-state index contributed by atoms with van der Waals surface area (Å²) in [6.45, 7) is 7.38. The monoisotopic (exact) mass is 301 g/mol. The molecule has 4 rings (SSSR count). The van der Waals surface area contributed by atoms with Crippen LogP contribution < -0.4 is 0 Å². The molecule has 1 aliphatic carbocycles. The highest BCUT2D eigenvalue weighted by atomic mass is 16.5. The minimum atomic E-state index is 0.624. The van der Waals surface area contributed by atoms with E-state index >= 15 is 0 Å². The van der Waals surface area contributed by atoms with Crippen molar-refractivity contribution < 1.29 is 4.74 Å². The van der Waals surface area contributed by atoms with Crippen LogP contribution >= 0.6 is 0 Å². The summed E-state index contributed by atoms with van der Waals surface area (Å²) in [7, 11) is 0.